The van der Waals surface area contributed by atoms with Crippen LogP contribution in [-0.4, -0.2) is 26.4 Å². The molecule has 1 unspecified atom stereocenters. The summed E-state index contributed by atoms with van der Waals surface area (Å²) in [7, 11) is 0. The van der Waals surface area contributed by atoms with Crippen molar-refractivity contribution in [1.82, 2.24) is 9.55 Å². The second-order valence-corrected chi connectivity index (χ2v) is 5.50. The molecule has 0 radical (unpaired) electrons. The molecule has 0 aliphatic carbocycles. The zero-order valence-electron chi connectivity index (χ0n) is 11.8. The molecular formula is C14H18N2O3S. The Labute approximate surface area is 122 Å². The van der Waals surface area contributed by atoms with Gasteiger partial charge in [-0.25, -0.2) is 4.98 Å². The SMILES string of the molecule is CCc1cnc(SCC(=O)O)n1C(C)c1ccc(C)o1. The summed E-state index contributed by atoms with van der Waals surface area (Å²) in [6, 6.07) is 3.88. The highest BCUT2D eigenvalue weighted by Gasteiger charge is 2.19. The molecule has 0 bridgehead atoms. The standard InChI is InChI=1S/C14H18N2O3S/c1-4-11-7-15-14(20-8-13(17)18)16(11)10(3)12-6-5-9(2)19-12/h5-7,10H,4,8H2,1-3H3,(H,17,18). The third-order valence-electron chi connectivity index (χ3n) is 3.09. The van der Waals surface area contributed by atoms with Gasteiger partial charge >= 0.3 is 5.97 Å². The van der Waals surface area contributed by atoms with Crippen LogP contribution in [0.1, 0.15) is 37.1 Å². The number of aryl methyl sites for hydroxylation is 2. The van der Waals surface area contributed by atoms with Crippen LogP contribution in [0, 0.1) is 6.92 Å². The number of imidazole rings is 1. The van der Waals surface area contributed by atoms with Gasteiger partial charge in [-0.15, -0.1) is 0 Å². The molecule has 0 spiro atoms. The lowest BCUT2D eigenvalue weighted by Gasteiger charge is -2.16. The second-order valence-electron chi connectivity index (χ2n) is 4.56. The molecule has 2 aromatic rings. The van der Waals surface area contributed by atoms with E-state index in [1.165, 1.54) is 11.8 Å². The smallest absolute Gasteiger partial charge is 0.313 e. The normalized spacial score (nSPS) is 12.6. The first-order valence-corrected chi connectivity index (χ1v) is 7.48. The summed E-state index contributed by atoms with van der Waals surface area (Å²) in [5, 5.41) is 9.53. The predicted molar refractivity (Wildman–Crippen MR) is 77.2 cm³/mol. The molecule has 6 heteroatoms. The molecule has 0 saturated heterocycles. The van der Waals surface area contributed by atoms with Crippen LogP contribution < -0.4 is 0 Å². The zero-order valence-corrected chi connectivity index (χ0v) is 12.6. The molecule has 2 aromatic heterocycles. The third-order valence-corrected chi connectivity index (χ3v) is 4.04. The maximum atomic E-state index is 10.7. The van der Waals surface area contributed by atoms with Crippen LogP contribution in [-0.2, 0) is 11.2 Å². The summed E-state index contributed by atoms with van der Waals surface area (Å²) in [4.78, 5) is 15.1. The number of nitrogens with zero attached hydrogens (tertiary/aromatic N) is 2. The van der Waals surface area contributed by atoms with Gasteiger partial charge in [-0.05, 0) is 32.4 Å². The van der Waals surface area contributed by atoms with E-state index < -0.39 is 5.97 Å². The molecule has 2 heterocycles. The number of aromatic nitrogens is 2. The summed E-state index contributed by atoms with van der Waals surface area (Å²) in [6.07, 6.45) is 2.64. The van der Waals surface area contributed by atoms with Crippen LogP contribution >= 0.6 is 11.8 Å². The van der Waals surface area contributed by atoms with Crippen LogP contribution in [0.15, 0.2) is 27.9 Å². The summed E-state index contributed by atoms with van der Waals surface area (Å²) in [5.74, 6) is 0.880. The van der Waals surface area contributed by atoms with Crippen LogP contribution in [0.4, 0.5) is 0 Å². The van der Waals surface area contributed by atoms with Crippen molar-refractivity contribution in [3.05, 3.63) is 35.5 Å². The van der Waals surface area contributed by atoms with Gasteiger partial charge < -0.3 is 14.1 Å². The van der Waals surface area contributed by atoms with Crippen molar-refractivity contribution >= 4 is 17.7 Å². The number of carboxylic acids is 1. The summed E-state index contributed by atoms with van der Waals surface area (Å²) in [5.41, 5.74) is 1.07. The number of hydrogen-bond acceptors (Lipinski definition) is 4. The molecule has 1 atom stereocenters. The van der Waals surface area contributed by atoms with E-state index in [2.05, 4.69) is 11.9 Å². The van der Waals surface area contributed by atoms with Crippen LogP contribution in [0.3, 0.4) is 0 Å². The minimum Gasteiger partial charge on any atom is -0.481 e. The number of rotatable bonds is 6. The van der Waals surface area contributed by atoms with Gasteiger partial charge in [0.25, 0.3) is 0 Å². The fourth-order valence-corrected chi connectivity index (χ4v) is 2.89. The van der Waals surface area contributed by atoms with Crippen molar-refractivity contribution in [2.45, 2.75) is 38.4 Å². The Morgan fingerprint density at radius 3 is 2.85 bits per heavy atom. The molecule has 2 rings (SSSR count). The van der Waals surface area contributed by atoms with Gasteiger partial charge in [0.15, 0.2) is 5.16 Å². The maximum absolute atomic E-state index is 10.7. The Morgan fingerprint density at radius 1 is 1.55 bits per heavy atom. The Morgan fingerprint density at radius 2 is 2.30 bits per heavy atom. The molecule has 0 saturated carbocycles. The molecular weight excluding hydrogens is 276 g/mol. The number of aliphatic carboxylic acids is 1. The van der Waals surface area contributed by atoms with Crippen molar-refractivity contribution in [2.24, 2.45) is 0 Å². The van der Waals surface area contributed by atoms with Crippen LogP contribution in [0.25, 0.3) is 0 Å². The zero-order chi connectivity index (χ0) is 14.7. The highest BCUT2D eigenvalue weighted by molar-refractivity contribution is 7.99. The largest absolute Gasteiger partial charge is 0.481 e. The number of hydrogen-bond donors (Lipinski definition) is 1. The Bertz CT molecular complexity index is 603. The number of carboxylic acid groups (broad SMARTS) is 1. The van der Waals surface area contributed by atoms with Gasteiger partial charge in [0.2, 0.25) is 0 Å². The van der Waals surface area contributed by atoms with E-state index >= 15 is 0 Å². The number of furan rings is 1. The average Bonchev–Trinajstić information content (AvgIpc) is 3.01. The fourth-order valence-electron chi connectivity index (χ4n) is 2.09. The molecule has 5 nitrogen and oxygen atoms in total. The highest BCUT2D eigenvalue weighted by atomic mass is 32.2. The molecule has 0 amide bonds. The highest BCUT2D eigenvalue weighted by Crippen LogP contribution is 2.28. The van der Waals surface area contributed by atoms with E-state index in [1.807, 2.05) is 30.5 Å². The van der Waals surface area contributed by atoms with Gasteiger partial charge in [-0.1, -0.05) is 18.7 Å². The fraction of sp³-hybridized carbons (Fsp3) is 0.429. The average molecular weight is 294 g/mol. The maximum Gasteiger partial charge on any atom is 0.313 e. The lowest BCUT2D eigenvalue weighted by Crippen LogP contribution is -2.11. The topological polar surface area (TPSA) is 68.3 Å². The third kappa shape index (κ3) is 3.07. The van der Waals surface area contributed by atoms with Gasteiger partial charge in [-0.3, -0.25) is 4.79 Å². The van der Waals surface area contributed by atoms with E-state index in [-0.39, 0.29) is 11.8 Å². The van der Waals surface area contributed by atoms with Crippen LogP contribution in [0.5, 0.6) is 0 Å². The molecule has 20 heavy (non-hydrogen) atoms. The minimum atomic E-state index is -0.843. The van der Waals surface area contributed by atoms with Gasteiger partial charge in [0, 0.05) is 11.9 Å². The molecule has 1 N–H and O–H groups in total. The minimum absolute atomic E-state index is 0.00237. The van der Waals surface area contributed by atoms with E-state index in [0.29, 0.717) is 5.16 Å². The Kier molecular flexibility index (Phi) is 4.54. The van der Waals surface area contributed by atoms with Crippen LogP contribution in [0.2, 0.25) is 0 Å². The number of carbonyl (C=O) groups is 1. The first-order chi connectivity index (χ1) is 9.52. The Balaban J connectivity index is 2.32. The first-order valence-electron chi connectivity index (χ1n) is 6.50. The van der Waals surface area contributed by atoms with Crippen molar-refractivity contribution in [3.8, 4) is 0 Å². The molecule has 0 fully saturated rings. The monoisotopic (exact) mass is 294 g/mol. The molecule has 108 valence electrons. The molecule has 0 aromatic carbocycles. The van der Waals surface area contributed by atoms with Crippen molar-refractivity contribution in [2.75, 3.05) is 5.75 Å². The van der Waals surface area contributed by atoms with Gasteiger partial charge in [0.1, 0.15) is 11.5 Å². The number of thioether (sulfide) groups is 1. The van der Waals surface area contributed by atoms with E-state index in [0.717, 1.165) is 23.6 Å². The lowest BCUT2D eigenvalue weighted by molar-refractivity contribution is -0.133. The first kappa shape index (κ1) is 14.7. The van der Waals surface area contributed by atoms with Crippen molar-refractivity contribution in [1.29, 1.82) is 0 Å². The van der Waals surface area contributed by atoms with E-state index in [9.17, 15) is 4.79 Å². The summed E-state index contributed by atoms with van der Waals surface area (Å²) in [6.45, 7) is 5.99. The summed E-state index contributed by atoms with van der Waals surface area (Å²) < 4.78 is 7.72. The predicted octanol–water partition coefficient (Wildman–Crippen LogP) is 3.13. The van der Waals surface area contributed by atoms with E-state index in [1.54, 1.807) is 6.20 Å². The van der Waals surface area contributed by atoms with Gasteiger partial charge in [0.05, 0.1) is 11.8 Å². The molecule has 0 aliphatic rings. The lowest BCUT2D eigenvalue weighted by atomic mass is 10.2. The Hall–Kier alpha value is -1.69. The van der Waals surface area contributed by atoms with Crippen molar-refractivity contribution < 1.29 is 14.3 Å². The van der Waals surface area contributed by atoms with Crippen molar-refractivity contribution in [3.63, 3.8) is 0 Å². The summed E-state index contributed by atoms with van der Waals surface area (Å²) >= 11 is 1.23. The molecule has 0 aliphatic heterocycles. The second kappa shape index (κ2) is 6.17. The van der Waals surface area contributed by atoms with E-state index in [4.69, 9.17) is 9.52 Å². The quantitative estimate of drug-likeness (QED) is 0.829. The van der Waals surface area contributed by atoms with Gasteiger partial charge in [-0.2, -0.15) is 0 Å².